The van der Waals surface area contributed by atoms with E-state index in [2.05, 4.69) is 30.3 Å². The van der Waals surface area contributed by atoms with Crippen LogP contribution in [0, 0.1) is 0 Å². The number of benzene rings is 1. The number of nitrogens with zero attached hydrogens (tertiary/aromatic N) is 3. The number of nitrogen functional groups attached to an aromatic ring is 1. The van der Waals surface area contributed by atoms with Gasteiger partial charge in [-0.05, 0) is 43.5 Å². The molecule has 1 fully saturated rings. The van der Waals surface area contributed by atoms with Gasteiger partial charge in [-0.1, -0.05) is 5.16 Å². The van der Waals surface area contributed by atoms with Crippen molar-refractivity contribution >= 4 is 33.2 Å². The molecule has 0 spiro atoms. The molecule has 3 aromatic rings. The number of urea groups is 1. The number of aliphatic hydroxyl groups is 1. The van der Waals surface area contributed by atoms with E-state index >= 15 is 0 Å². The van der Waals surface area contributed by atoms with Crippen molar-refractivity contribution in [2.24, 2.45) is 0 Å². The van der Waals surface area contributed by atoms with Crippen LogP contribution in [0.4, 0.5) is 22.1 Å². The van der Waals surface area contributed by atoms with Crippen molar-refractivity contribution in [1.82, 2.24) is 15.1 Å². The quantitative estimate of drug-likeness (QED) is 0.394. The van der Waals surface area contributed by atoms with E-state index in [1.54, 1.807) is 24.3 Å². The number of hydrogen-bond acceptors (Lipinski definition) is 9. The number of nitrogens with one attached hydrogen (secondary N) is 2. The molecule has 2 amide bonds. The number of nitrogens with two attached hydrogens (primary N) is 1. The highest BCUT2D eigenvalue weighted by molar-refractivity contribution is 7.92. The molecule has 2 aromatic heterocycles. The summed E-state index contributed by atoms with van der Waals surface area (Å²) in [6, 6.07) is 9.24. The molecule has 12 heteroatoms. The molecule has 0 atom stereocenters. The molecule has 0 aliphatic heterocycles. The van der Waals surface area contributed by atoms with Gasteiger partial charge in [-0.15, -0.1) is 0 Å². The Kier molecular flexibility index (Phi) is 5.80. The lowest BCUT2D eigenvalue weighted by molar-refractivity contribution is 0.262. The lowest BCUT2D eigenvalue weighted by Crippen LogP contribution is -2.26. The van der Waals surface area contributed by atoms with Crippen molar-refractivity contribution < 1.29 is 22.8 Å². The standard InChI is InChI=1S/C20H22N6O5S/c21-16-12-15(20(7-8-20)32(29,30)11-1-9-27)23-18(24-16)13-2-4-14(5-3-13)22-19(28)25-17-6-10-31-26-17/h2-6,10,12,27H,1,7-9,11H2,(H2,21,23,24)(H2,22,25,26,28). The summed E-state index contributed by atoms with van der Waals surface area (Å²) in [5.74, 6) is 0.632. The highest BCUT2D eigenvalue weighted by Gasteiger charge is 2.56. The summed E-state index contributed by atoms with van der Waals surface area (Å²) in [7, 11) is -3.49. The summed E-state index contributed by atoms with van der Waals surface area (Å²) in [5.41, 5.74) is 7.46. The van der Waals surface area contributed by atoms with Gasteiger partial charge in [-0.25, -0.2) is 23.2 Å². The van der Waals surface area contributed by atoms with E-state index in [0.29, 0.717) is 35.6 Å². The van der Waals surface area contributed by atoms with Crippen molar-refractivity contribution in [2.75, 3.05) is 28.7 Å². The first-order chi connectivity index (χ1) is 15.3. The van der Waals surface area contributed by atoms with Crippen LogP contribution in [0.2, 0.25) is 0 Å². The molecular weight excluding hydrogens is 436 g/mol. The Morgan fingerprint density at radius 3 is 2.53 bits per heavy atom. The van der Waals surface area contributed by atoms with Crippen molar-refractivity contribution in [3.05, 3.63) is 48.4 Å². The molecule has 5 N–H and O–H groups in total. The van der Waals surface area contributed by atoms with Gasteiger partial charge in [-0.3, -0.25) is 5.32 Å². The number of aromatic nitrogens is 3. The van der Waals surface area contributed by atoms with Crippen molar-refractivity contribution in [3.8, 4) is 11.4 Å². The first kappa shape index (κ1) is 21.7. The largest absolute Gasteiger partial charge is 0.396 e. The average Bonchev–Trinajstić information content (AvgIpc) is 3.45. The summed E-state index contributed by atoms with van der Waals surface area (Å²) in [6.45, 7) is -0.191. The maximum Gasteiger partial charge on any atom is 0.324 e. The molecule has 0 radical (unpaired) electrons. The van der Waals surface area contributed by atoms with Gasteiger partial charge in [0.25, 0.3) is 0 Å². The van der Waals surface area contributed by atoms with E-state index in [0.717, 1.165) is 0 Å². The number of sulfone groups is 1. The van der Waals surface area contributed by atoms with Crippen LogP contribution in [-0.4, -0.2) is 47.0 Å². The molecule has 0 bridgehead atoms. The fourth-order valence-electron chi connectivity index (χ4n) is 3.38. The third-order valence-corrected chi connectivity index (χ3v) is 7.80. The predicted octanol–water partition coefficient (Wildman–Crippen LogP) is 2.14. The van der Waals surface area contributed by atoms with E-state index in [-0.39, 0.29) is 30.4 Å². The molecule has 11 nitrogen and oxygen atoms in total. The highest BCUT2D eigenvalue weighted by Crippen LogP contribution is 2.53. The zero-order valence-electron chi connectivity index (χ0n) is 17.0. The minimum absolute atomic E-state index is 0.112. The first-order valence-corrected chi connectivity index (χ1v) is 11.6. The Hall–Kier alpha value is -3.51. The zero-order chi connectivity index (χ0) is 22.8. The van der Waals surface area contributed by atoms with Crippen LogP contribution < -0.4 is 16.4 Å². The topological polar surface area (TPSA) is 173 Å². The molecule has 0 unspecified atom stereocenters. The van der Waals surface area contributed by atoms with Crippen LogP contribution in [0.1, 0.15) is 25.0 Å². The minimum Gasteiger partial charge on any atom is -0.396 e. The Balaban J connectivity index is 1.53. The Bertz CT molecular complexity index is 1210. The smallest absolute Gasteiger partial charge is 0.324 e. The summed E-state index contributed by atoms with van der Waals surface area (Å²) in [6.07, 6.45) is 2.43. The van der Waals surface area contributed by atoms with Gasteiger partial charge in [0, 0.05) is 30.0 Å². The second-order valence-corrected chi connectivity index (χ2v) is 9.85. The highest BCUT2D eigenvalue weighted by atomic mass is 32.2. The molecule has 0 saturated heterocycles. The van der Waals surface area contributed by atoms with Gasteiger partial charge in [0.1, 0.15) is 16.8 Å². The van der Waals surface area contributed by atoms with E-state index in [9.17, 15) is 13.2 Å². The molecule has 1 aliphatic carbocycles. The maximum atomic E-state index is 12.8. The summed E-state index contributed by atoms with van der Waals surface area (Å²) in [4.78, 5) is 20.7. The van der Waals surface area contributed by atoms with Crippen molar-refractivity contribution in [3.63, 3.8) is 0 Å². The summed E-state index contributed by atoms with van der Waals surface area (Å²) >= 11 is 0. The minimum atomic E-state index is -3.49. The van der Waals surface area contributed by atoms with Crippen LogP contribution in [0.5, 0.6) is 0 Å². The van der Waals surface area contributed by atoms with Crippen LogP contribution >= 0.6 is 0 Å². The zero-order valence-corrected chi connectivity index (χ0v) is 17.8. The van der Waals surface area contributed by atoms with Crippen LogP contribution in [0.3, 0.4) is 0 Å². The van der Waals surface area contributed by atoms with E-state index in [4.69, 9.17) is 10.8 Å². The van der Waals surface area contributed by atoms with Gasteiger partial charge in [0.2, 0.25) is 0 Å². The lowest BCUT2D eigenvalue weighted by Gasteiger charge is -2.17. The average molecular weight is 459 g/mol. The molecule has 168 valence electrons. The van der Waals surface area contributed by atoms with Crippen molar-refractivity contribution in [2.45, 2.75) is 24.0 Å². The van der Waals surface area contributed by atoms with Gasteiger partial charge in [0.15, 0.2) is 21.5 Å². The number of rotatable bonds is 8. The number of hydrogen-bond donors (Lipinski definition) is 4. The van der Waals surface area contributed by atoms with E-state index in [1.807, 2.05) is 0 Å². The normalized spacial score (nSPS) is 14.7. The Labute approximate surface area is 184 Å². The van der Waals surface area contributed by atoms with Gasteiger partial charge in [0.05, 0.1) is 11.4 Å². The third-order valence-electron chi connectivity index (χ3n) is 5.16. The van der Waals surface area contributed by atoms with Crippen LogP contribution in [0.15, 0.2) is 47.2 Å². The molecule has 32 heavy (non-hydrogen) atoms. The number of carbonyl (C=O) groups excluding carboxylic acids is 1. The SMILES string of the molecule is Nc1cc(C2(S(=O)(=O)CCCO)CC2)nc(-c2ccc(NC(=O)Nc3ccon3)cc2)n1. The van der Waals surface area contributed by atoms with Crippen LogP contribution in [0.25, 0.3) is 11.4 Å². The number of aliphatic hydroxyl groups excluding tert-OH is 1. The molecule has 2 heterocycles. The second kappa shape index (κ2) is 8.55. The summed E-state index contributed by atoms with van der Waals surface area (Å²) < 4.78 is 29.2. The molecule has 1 aliphatic rings. The fourth-order valence-corrected chi connectivity index (χ4v) is 5.42. The lowest BCUT2D eigenvalue weighted by atomic mass is 10.1. The van der Waals surface area contributed by atoms with Gasteiger partial charge in [-0.2, -0.15) is 0 Å². The van der Waals surface area contributed by atoms with Crippen molar-refractivity contribution in [1.29, 1.82) is 0 Å². The number of amides is 2. The Morgan fingerprint density at radius 2 is 1.91 bits per heavy atom. The summed E-state index contributed by atoms with van der Waals surface area (Å²) in [5, 5.41) is 17.8. The monoisotopic (exact) mass is 458 g/mol. The maximum absolute atomic E-state index is 12.8. The number of carbonyl (C=O) groups is 1. The molecule has 4 rings (SSSR count). The Morgan fingerprint density at radius 1 is 1.16 bits per heavy atom. The van der Waals surface area contributed by atoms with Crippen LogP contribution in [-0.2, 0) is 14.6 Å². The number of anilines is 3. The molecule has 1 saturated carbocycles. The van der Waals surface area contributed by atoms with Gasteiger partial charge < -0.3 is 20.7 Å². The van der Waals surface area contributed by atoms with E-state index in [1.165, 1.54) is 18.4 Å². The van der Waals surface area contributed by atoms with Gasteiger partial charge >= 0.3 is 6.03 Å². The predicted molar refractivity (Wildman–Crippen MR) is 117 cm³/mol. The van der Waals surface area contributed by atoms with E-state index < -0.39 is 20.6 Å². The third kappa shape index (κ3) is 4.41. The molecular formula is C20H22N6O5S. The first-order valence-electron chi connectivity index (χ1n) is 9.90. The second-order valence-electron chi connectivity index (χ2n) is 7.43. The molecule has 1 aromatic carbocycles. The fraction of sp³-hybridized carbons (Fsp3) is 0.300.